The predicted octanol–water partition coefficient (Wildman–Crippen LogP) is -1.36. The predicted molar refractivity (Wildman–Crippen MR) is 143 cm³/mol. The summed E-state index contributed by atoms with van der Waals surface area (Å²) in [5.74, 6) is -5.94. The summed E-state index contributed by atoms with van der Waals surface area (Å²) < 4.78 is 0. The first kappa shape index (κ1) is 31.1. The SMILES string of the molecule is NC(=O)CCC(N)C(=O)NC(Cc1c[nH]c2ccccc12)C(=O)NC(CS)C(=O)NC(CCC(=O)O)C(=O)O. The van der Waals surface area contributed by atoms with Crippen LogP contribution in [0.5, 0.6) is 0 Å². The van der Waals surface area contributed by atoms with Gasteiger partial charge in [-0.1, -0.05) is 18.2 Å². The third kappa shape index (κ3) is 9.61. The van der Waals surface area contributed by atoms with E-state index in [1.807, 2.05) is 18.2 Å². The summed E-state index contributed by atoms with van der Waals surface area (Å²) in [6, 6.07) is 2.12. The molecule has 4 unspecified atom stereocenters. The van der Waals surface area contributed by atoms with Crippen molar-refractivity contribution in [3.63, 3.8) is 0 Å². The monoisotopic (exact) mass is 564 g/mol. The highest BCUT2D eigenvalue weighted by Gasteiger charge is 2.30. The van der Waals surface area contributed by atoms with Crippen molar-refractivity contribution in [3.05, 3.63) is 36.0 Å². The maximum atomic E-state index is 13.3. The van der Waals surface area contributed by atoms with E-state index in [-0.39, 0.29) is 31.4 Å². The molecule has 0 radical (unpaired) electrons. The second-order valence-corrected chi connectivity index (χ2v) is 9.18. The standard InChI is InChI=1S/C24H32N6O8S/c25-14(5-7-19(26)31)21(34)29-17(9-12-10-27-15-4-2-1-3-13(12)15)22(35)30-18(11-39)23(36)28-16(24(37)38)6-8-20(32)33/h1-4,10,14,16-18,27,39H,5-9,11,25H2,(H2,26,31)(H,28,36)(H,29,34)(H,30,35)(H,32,33)(H,37,38). The maximum Gasteiger partial charge on any atom is 0.326 e. The lowest BCUT2D eigenvalue weighted by atomic mass is 10.0. The number of carbonyl (C=O) groups excluding carboxylic acids is 4. The van der Waals surface area contributed by atoms with Gasteiger partial charge < -0.3 is 42.6 Å². The van der Waals surface area contributed by atoms with E-state index < -0.39 is 66.2 Å². The van der Waals surface area contributed by atoms with E-state index >= 15 is 0 Å². The molecule has 39 heavy (non-hydrogen) atoms. The lowest BCUT2D eigenvalue weighted by Crippen LogP contribution is -2.58. The molecule has 10 N–H and O–H groups in total. The number of para-hydroxylation sites is 1. The number of aliphatic carboxylic acids is 2. The van der Waals surface area contributed by atoms with Crippen LogP contribution in [0.4, 0.5) is 0 Å². The molecule has 0 saturated carbocycles. The summed E-state index contributed by atoms with van der Waals surface area (Å²) in [6.07, 6.45) is 0.629. The Balaban J connectivity index is 2.21. The van der Waals surface area contributed by atoms with Gasteiger partial charge in [0.25, 0.3) is 0 Å². The minimum atomic E-state index is -1.50. The van der Waals surface area contributed by atoms with Crippen LogP contribution in [-0.4, -0.2) is 80.7 Å². The van der Waals surface area contributed by atoms with Crippen LogP contribution < -0.4 is 27.4 Å². The highest BCUT2D eigenvalue weighted by Crippen LogP contribution is 2.19. The average molecular weight is 565 g/mol. The molecule has 0 aliphatic heterocycles. The van der Waals surface area contributed by atoms with Crippen LogP contribution in [-0.2, 0) is 35.2 Å². The van der Waals surface area contributed by atoms with Gasteiger partial charge in [-0.05, 0) is 24.5 Å². The molecule has 1 heterocycles. The van der Waals surface area contributed by atoms with Crippen molar-refractivity contribution in [1.29, 1.82) is 0 Å². The van der Waals surface area contributed by atoms with E-state index in [9.17, 15) is 33.9 Å². The van der Waals surface area contributed by atoms with Crippen LogP contribution in [0, 0.1) is 0 Å². The molecule has 0 bridgehead atoms. The second kappa shape index (κ2) is 14.7. The fraction of sp³-hybridized carbons (Fsp3) is 0.417. The Morgan fingerprint density at radius 3 is 2.10 bits per heavy atom. The summed E-state index contributed by atoms with van der Waals surface area (Å²) in [5.41, 5.74) is 12.4. The van der Waals surface area contributed by atoms with Crippen molar-refractivity contribution in [1.82, 2.24) is 20.9 Å². The molecule has 14 nitrogen and oxygen atoms in total. The van der Waals surface area contributed by atoms with Crippen molar-refractivity contribution < 1.29 is 39.0 Å². The van der Waals surface area contributed by atoms with Gasteiger partial charge in [-0.25, -0.2) is 4.79 Å². The van der Waals surface area contributed by atoms with Gasteiger partial charge in [-0.3, -0.25) is 24.0 Å². The number of benzene rings is 1. The molecule has 2 rings (SSSR count). The van der Waals surface area contributed by atoms with E-state index in [0.717, 1.165) is 10.9 Å². The highest BCUT2D eigenvalue weighted by molar-refractivity contribution is 7.80. The smallest absolute Gasteiger partial charge is 0.326 e. The van der Waals surface area contributed by atoms with E-state index in [1.165, 1.54) is 0 Å². The van der Waals surface area contributed by atoms with Crippen molar-refractivity contribution in [3.8, 4) is 0 Å². The Morgan fingerprint density at radius 2 is 1.49 bits per heavy atom. The highest BCUT2D eigenvalue weighted by atomic mass is 32.1. The van der Waals surface area contributed by atoms with E-state index in [4.69, 9.17) is 16.6 Å². The van der Waals surface area contributed by atoms with Crippen LogP contribution in [0.2, 0.25) is 0 Å². The molecule has 1 aromatic heterocycles. The van der Waals surface area contributed by atoms with Crippen LogP contribution in [0.3, 0.4) is 0 Å². The van der Waals surface area contributed by atoms with Gasteiger partial charge in [0.05, 0.1) is 6.04 Å². The largest absolute Gasteiger partial charge is 0.481 e. The molecule has 0 fully saturated rings. The topological polar surface area (TPSA) is 247 Å². The summed E-state index contributed by atoms with van der Waals surface area (Å²) in [4.78, 5) is 75.1. The van der Waals surface area contributed by atoms with Crippen LogP contribution in [0.15, 0.2) is 30.5 Å². The Hall–Kier alpha value is -4.11. The molecular formula is C24H32N6O8S. The summed E-state index contributed by atoms with van der Waals surface area (Å²) >= 11 is 4.07. The van der Waals surface area contributed by atoms with Crippen LogP contribution >= 0.6 is 12.6 Å². The first-order valence-corrected chi connectivity index (χ1v) is 12.6. The number of aromatic nitrogens is 1. The van der Waals surface area contributed by atoms with Gasteiger partial charge >= 0.3 is 11.9 Å². The number of aromatic amines is 1. The average Bonchev–Trinajstić information content (AvgIpc) is 3.29. The maximum absolute atomic E-state index is 13.3. The molecule has 2 aromatic rings. The quantitative estimate of drug-likeness (QED) is 0.109. The van der Waals surface area contributed by atoms with Gasteiger partial charge in [-0.2, -0.15) is 12.6 Å². The normalized spacial score (nSPS) is 14.0. The number of nitrogens with one attached hydrogen (secondary N) is 4. The van der Waals surface area contributed by atoms with Gasteiger partial charge in [0, 0.05) is 42.1 Å². The number of rotatable bonds is 16. The Morgan fingerprint density at radius 1 is 0.872 bits per heavy atom. The minimum Gasteiger partial charge on any atom is -0.481 e. The zero-order valence-electron chi connectivity index (χ0n) is 20.9. The van der Waals surface area contributed by atoms with E-state index in [2.05, 4.69) is 33.6 Å². The van der Waals surface area contributed by atoms with Crippen molar-refractivity contribution in [2.45, 2.75) is 56.3 Å². The minimum absolute atomic E-state index is 0.00139. The molecule has 15 heteroatoms. The number of amides is 4. The summed E-state index contributed by atoms with van der Waals surface area (Å²) in [6.45, 7) is 0. The zero-order chi connectivity index (χ0) is 29.1. The molecular weight excluding hydrogens is 532 g/mol. The van der Waals surface area contributed by atoms with Crippen molar-refractivity contribution in [2.24, 2.45) is 11.5 Å². The van der Waals surface area contributed by atoms with Gasteiger partial charge in [0.15, 0.2) is 0 Å². The van der Waals surface area contributed by atoms with Gasteiger partial charge in [0.2, 0.25) is 23.6 Å². The third-order valence-corrected chi connectivity index (χ3v) is 6.21. The number of H-pyrrole nitrogens is 1. The lowest BCUT2D eigenvalue weighted by Gasteiger charge is -2.24. The Labute approximate surface area is 228 Å². The molecule has 0 saturated heterocycles. The number of carboxylic acids is 2. The Bertz CT molecular complexity index is 1220. The van der Waals surface area contributed by atoms with Crippen LogP contribution in [0.1, 0.15) is 31.2 Å². The number of hydrogen-bond acceptors (Lipinski definition) is 8. The number of hydrogen-bond donors (Lipinski definition) is 9. The molecule has 0 spiro atoms. The summed E-state index contributed by atoms with van der Waals surface area (Å²) in [7, 11) is 0. The number of primary amides is 1. The fourth-order valence-electron chi connectivity index (χ4n) is 3.70. The second-order valence-electron chi connectivity index (χ2n) is 8.81. The third-order valence-electron chi connectivity index (χ3n) is 5.85. The van der Waals surface area contributed by atoms with Crippen molar-refractivity contribution >= 4 is 59.1 Å². The van der Waals surface area contributed by atoms with Crippen LogP contribution in [0.25, 0.3) is 10.9 Å². The number of carboxylic acid groups (broad SMARTS) is 2. The van der Waals surface area contributed by atoms with E-state index in [0.29, 0.717) is 5.56 Å². The van der Waals surface area contributed by atoms with E-state index in [1.54, 1.807) is 12.3 Å². The van der Waals surface area contributed by atoms with Crippen molar-refractivity contribution in [2.75, 3.05) is 5.75 Å². The number of carbonyl (C=O) groups is 6. The summed E-state index contributed by atoms with van der Waals surface area (Å²) in [5, 5.41) is 26.1. The number of fused-ring (bicyclic) bond motifs is 1. The number of nitrogens with two attached hydrogens (primary N) is 2. The molecule has 0 aliphatic rings. The first-order valence-electron chi connectivity index (χ1n) is 12.0. The molecule has 0 aliphatic carbocycles. The molecule has 4 amide bonds. The zero-order valence-corrected chi connectivity index (χ0v) is 21.8. The Kier molecular flexibility index (Phi) is 11.7. The van der Waals surface area contributed by atoms with Gasteiger partial charge in [0.1, 0.15) is 18.1 Å². The molecule has 1 aromatic carbocycles. The molecule has 212 valence electrons. The lowest BCUT2D eigenvalue weighted by molar-refractivity contribution is -0.143. The molecule has 4 atom stereocenters. The van der Waals surface area contributed by atoms with Gasteiger partial charge in [-0.15, -0.1) is 0 Å². The fourth-order valence-corrected chi connectivity index (χ4v) is 3.96. The number of thiol groups is 1. The first-order chi connectivity index (χ1) is 18.4.